The third kappa shape index (κ3) is 2.80. The molecule has 0 saturated carbocycles. The van der Waals surface area contributed by atoms with Crippen LogP contribution in [-0.4, -0.2) is 45.2 Å². The number of rotatable bonds is 2. The Kier molecular flexibility index (Phi) is 4.19. The summed E-state index contributed by atoms with van der Waals surface area (Å²) in [6.07, 6.45) is 4.80. The molecule has 0 bridgehead atoms. The summed E-state index contributed by atoms with van der Waals surface area (Å²) in [5.74, 6) is 2.99. The van der Waals surface area contributed by atoms with Crippen molar-refractivity contribution < 1.29 is 0 Å². The van der Waals surface area contributed by atoms with Crippen molar-refractivity contribution in [3.8, 4) is 0 Å². The monoisotopic (exact) mass is 293 g/mol. The van der Waals surface area contributed by atoms with E-state index in [4.69, 9.17) is 5.73 Å². The standard InChI is InChI=1S/C14H23N5S/c1-18-13(11-4-2-3-5-12(11)17-18)10-16-14(15)19-6-8-20-9-7-19/h2-10H2,1H3,(H2,15,16). The van der Waals surface area contributed by atoms with Crippen LogP contribution in [0.5, 0.6) is 0 Å². The van der Waals surface area contributed by atoms with Crippen LogP contribution in [-0.2, 0) is 26.4 Å². The highest BCUT2D eigenvalue weighted by Gasteiger charge is 2.19. The van der Waals surface area contributed by atoms with Crippen LogP contribution in [0.1, 0.15) is 29.8 Å². The van der Waals surface area contributed by atoms with Gasteiger partial charge < -0.3 is 10.6 Å². The fraction of sp³-hybridized carbons (Fsp3) is 0.714. The maximum absolute atomic E-state index is 6.13. The zero-order valence-electron chi connectivity index (χ0n) is 12.1. The Morgan fingerprint density at radius 3 is 2.85 bits per heavy atom. The predicted molar refractivity (Wildman–Crippen MR) is 84.1 cm³/mol. The molecule has 1 fully saturated rings. The van der Waals surface area contributed by atoms with Crippen LogP contribution in [0.4, 0.5) is 0 Å². The highest BCUT2D eigenvalue weighted by molar-refractivity contribution is 7.99. The summed E-state index contributed by atoms with van der Waals surface area (Å²) in [5.41, 5.74) is 10.1. The molecule has 0 radical (unpaired) electrons. The molecule has 0 atom stereocenters. The van der Waals surface area contributed by atoms with Crippen molar-refractivity contribution in [2.24, 2.45) is 17.8 Å². The van der Waals surface area contributed by atoms with Gasteiger partial charge in [-0.15, -0.1) is 0 Å². The second-order valence-corrected chi connectivity index (χ2v) is 6.70. The Labute approximate surface area is 124 Å². The molecule has 1 saturated heterocycles. The number of guanidine groups is 1. The first kappa shape index (κ1) is 13.8. The molecule has 2 aliphatic rings. The van der Waals surface area contributed by atoms with E-state index in [1.165, 1.54) is 29.8 Å². The average molecular weight is 293 g/mol. The summed E-state index contributed by atoms with van der Waals surface area (Å²) >= 11 is 1.99. The maximum atomic E-state index is 6.13. The van der Waals surface area contributed by atoms with E-state index in [-0.39, 0.29) is 0 Å². The van der Waals surface area contributed by atoms with Gasteiger partial charge in [-0.3, -0.25) is 4.68 Å². The summed E-state index contributed by atoms with van der Waals surface area (Å²) in [6, 6.07) is 0. The topological polar surface area (TPSA) is 59.4 Å². The van der Waals surface area contributed by atoms with Crippen LogP contribution >= 0.6 is 11.8 Å². The summed E-state index contributed by atoms with van der Waals surface area (Å²) in [7, 11) is 2.02. The lowest BCUT2D eigenvalue weighted by molar-refractivity contribution is 0.455. The van der Waals surface area contributed by atoms with Gasteiger partial charge in [0.2, 0.25) is 0 Å². The van der Waals surface area contributed by atoms with E-state index >= 15 is 0 Å². The largest absolute Gasteiger partial charge is 0.370 e. The molecule has 6 heteroatoms. The molecule has 0 unspecified atom stereocenters. The number of fused-ring (bicyclic) bond motifs is 1. The average Bonchev–Trinajstić information content (AvgIpc) is 2.81. The number of hydrogen-bond donors (Lipinski definition) is 1. The number of aromatic nitrogens is 2. The van der Waals surface area contributed by atoms with Gasteiger partial charge in [-0.2, -0.15) is 16.9 Å². The molecule has 20 heavy (non-hydrogen) atoms. The van der Waals surface area contributed by atoms with Crippen molar-refractivity contribution in [1.82, 2.24) is 14.7 Å². The molecule has 2 heterocycles. The molecule has 5 nitrogen and oxygen atoms in total. The highest BCUT2D eigenvalue weighted by Crippen LogP contribution is 2.24. The van der Waals surface area contributed by atoms with Crippen LogP contribution in [0, 0.1) is 0 Å². The molecular formula is C14H23N5S. The normalized spacial score (nSPS) is 20.1. The molecule has 3 rings (SSSR count). The first-order valence-electron chi connectivity index (χ1n) is 7.42. The highest BCUT2D eigenvalue weighted by atomic mass is 32.2. The van der Waals surface area contributed by atoms with Gasteiger partial charge in [-0.1, -0.05) is 0 Å². The zero-order chi connectivity index (χ0) is 13.9. The number of nitrogens with zero attached hydrogens (tertiary/aromatic N) is 4. The van der Waals surface area contributed by atoms with Gasteiger partial charge in [0.05, 0.1) is 17.9 Å². The Balaban J connectivity index is 1.72. The van der Waals surface area contributed by atoms with Gasteiger partial charge in [0.1, 0.15) is 0 Å². The number of thioether (sulfide) groups is 1. The maximum Gasteiger partial charge on any atom is 0.191 e. The summed E-state index contributed by atoms with van der Waals surface area (Å²) in [5, 5.41) is 4.63. The lowest BCUT2D eigenvalue weighted by atomic mass is 9.96. The zero-order valence-corrected chi connectivity index (χ0v) is 13.0. The van der Waals surface area contributed by atoms with Gasteiger partial charge in [-0.25, -0.2) is 4.99 Å². The molecule has 0 aromatic carbocycles. The van der Waals surface area contributed by atoms with Gasteiger partial charge in [0, 0.05) is 31.6 Å². The van der Waals surface area contributed by atoms with E-state index in [9.17, 15) is 0 Å². The minimum atomic E-state index is 0.661. The molecule has 110 valence electrons. The van der Waals surface area contributed by atoms with Crippen LogP contribution in [0.15, 0.2) is 4.99 Å². The lowest BCUT2D eigenvalue weighted by Gasteiger charge is -2.27. The number of aliphatic imine (C=N–C) groups is 1. The van der Waals surface area contributed by atoms with E-state index in [0.29, 0.717) is 12.5 Å². The lowest BCUT2D eigenvalue weighted by Crippen LogP contribution is -2.42. The Morgan fingerprint density at radius 1 is 1.30 bits per heavy atom. The molecule has 2 N–H and O–H groups in total. The van der Waals surface area contributed by atoms with Crippen molar-refractivity contribution in [2.75, 3.05) is 24.6 Å². The van der Waals surface area contributed by atoms with Crippen molar-refractivity contribution in [3.05, 3.63) is 17.0 Å². The molecule has 1 aliphatic carbocycles. The van der Waals surface area contributed by atoms with Crippen LogP contribution in [0.25, 0.3) is 0 Å². The van der Waals surface area contributed by atoms with Crippen LogP contribution in [0.2, 0.25) is 0 Å². The SMILES string of the molecule is Cn1nc2c(c1CN=C(N)N1CCSCC1)CCCC2. The van der Waals surface area contributed by atoms with Crippen LogP contribution in [0.3, 0.4) is 0 Å². The van der Waals surface area contributed by atoms with Gasteiger partial charge in [-0.05, 0) is 31.2 Å². The molecule has 0 spiro atoms. The summed E-state index contributed by atoms with van der Waals surface area (Å²) < 4.78 is 2.00. The predicted octanol–water partition coefficient (Wildman–Crippen LogP) is 1.16. The smallest absolute Gasteiger partial charge is 0.191 e. The van der Waals surface area contributed by atoms with Crippen molar-refractivity contribution in [3.63, 3.8) is 0 Å². The minimum absolute atomic E-state index is 0.661. The van der Waals surface area contributed by atoms with Crippen molar-refractivity contribution >= 4 is 17.7 Å². The van der Waals surface area contributed by atoms with E-state index in [0.717, 1.165) is 37.4 Å². The second kappa shape index (κ2) is 6.08. The van der Waals surface area contributed by atoms with E-state index in [1.807, 2.05) is 23.5 Å². The fourth-order valence-corrected chi connectivity index (χ4v) is 3.90. The first-order chi connectivity index (χ1) is 9.75. The van der Waals surface area contributed by atoms with Gasteiger partial charge in [0.25, 0.3) is 0 Å². The van der Waals surface area contributed by atoms with E-state index in [2.05, 4.69) is 15.0 Å². The Bertz CT molecular complexity index is 502. The van der Waals surface area contributed by atoms with E-state index < -0.39 is 0 Å². The van der Waals surface area contributed by atoms with Crippen LogP contribution < -0.4 is 5.73 Å². The van der Waals surface area contributed by atoms with Crippen molar-refractivity contribution in [2.45, 2.75) is 32.2 Å². The first-order valence-corrected chi connectivity index (χ1v) is 8.57. The Morgan fingerprint density at radius 2 is 2.05 bits per heavy atom. The van der Waals surface area contributed by atoms with Gasteiger partial charge in [0.15, 0.2) is 5.96 Å². The summed E-state index contributed by atoms with van der Waals surface area (Å²) in [6.45, 7) is 2.70. The second-order valence-electron chi connectivity index (χ2n) is 5.48. The molecular weight excluding hydrogens is 270 g/mol. The van der Waals surface area contributed by atoms with Crippen molar-refractivity contribution in [1.29, 1.82) is 0 Å². The quantitative estimate of drug-likeness (QED) is 0.657. The molecule has 1 aromatic heterocycles. The van der Waals surface area contributed by atoms with E-state index in [1.54, 1.807) is 0 Å². The number of hydrogen-bond acceptors (Lipinski definition) is 3. The third-order valence-corrected chi connectivity index (χ3v) is 5.12. The fourth-order valence-electron chi connectivity index (χ4n) is 2.99. The molecule has 0 amide bonds. The number of aryl methyl sites for hydroxylation is 2. The molecule has 1 aliphatic heterocycles. The number of nitrogens with two attached hydrogens (primary N) is 1. The minimum Gasteiger partial charge on any atom is -0.370 e. The Hall–Kier alpha value is -1.17. The summed E-state index contributed by atoms with van der Waals surface area (Å²) in [4.78, 5) is 6.80. The van der Waals surface area contributed by atoms with Gasteiger partial charge >= 0.3 is 0 Å². The molecule has 1 aromatic rings. The third-order valence-electron chi connectivity index (χ3n) is 4.17.